The van der Waals surface area contributed by atoms with Gasteiger partial charge in [-0.3, -0.25) is 4.79 Å². The summed E-state index contributed by atoms with van der Waals surface area (Å²) in [5.74, 6) is -0.111. The van der Waals surface area contributed by atoms with Gasteiger partial charge in [-0.25, -0.2) is 0 Å². The fourth-order valence-corrected chi connectivity index (χ4v) is 3.45. The van der Waals surface area contributed by atoms with Crippen LogP contribution in [0, 0.1) is 4.91 Å². The molecule has 0 aromatic heterocycles. The molecule has 0 saturated carbocycles. The van der Waals surface area contributed by atoms with Crippen molar-refractivity contribution in [2.75, 3.05) is 13.7 Å². The molecule has 2 aromatic rings. The maximum absolute atomic E-state index is 12.4. The lowest BCUT2D eigenvalue weighted by atomic mass is 10.1. The van der Waals surface area contributed by atoms with Crippen LogP contribution in [-0.2, 0) is 4.79 Å². The molecular weight excluding hydrogens is 284 g/mol. The van der Waals surface area contributed by atoms with Crippen LogP contribution in [0.1, 0.15) is 13.8 Å². The van der Waals surface area contributed by atoms with E-state index in [1.54, 1.807) is 7.05 Å². The Morgan fingerprint density at radius 3 is 2.57 bits per heavy atom. The number of benzene rings is 2. The Hall–Kier alpha value is -1.88. The standard InChI is InChI=1S/C16H18N2O2S/c1-16(2,15(19)18(3)11-17-20)21-14-10-6-8-12-7-4-5-9-13(12)14/h4-10H,11H2,1-3H3. The van der Waals surface area contributed by atoms with Crippen LogP contribution in [0.15, 0.2) is 52.5 Å². The Morgan fingerprint density at radius 2 is 1.86 bits per heavy atom. The second-order valence-electron chi connectivity index (χ2n) is 5.36. The van der Waals surface area contributed by atoms with Crippen LogP contribution >= 0.6 is 11.8 Å². The van der Waals surface area contributed by atoms with Crippen LogP contribution < -0.4 is 0 Å². The van der Waals surface area contributed by atoms with Crippen LogP contribution in [0.3, 0.4) is 0 Å². The van der Waals surface area contributed by atoms with E-state index in [1.807, 2.05) is 38.1 Å². The summed E-state index contributed by atoms with van der Waals surface area (Å²) in [5, 5.41) is 5.05. The molecule has 1 amide bonds. The Balaban J connectivity index is 2.30. The first-order chi connectivity index (χ1) is 9.95. The molecule has 2 rings (SSSR count). The largest absolute Gasteiger partial charge is 0.322 e. The molecule has 0 aliphatic heterocycles. The summed E-state index contributed by atoms with van der Waals surface area (Å²) >= 11 is 1.50. The maximum Gasteiger partial charge on any atom is 0.239 e. The van der Waals surface area contributed by atoms with Crippen molar-refractivity contribution in [3.63, 3.8) is 0 Å². The highest BCUT2D eigenvalue weighted by Gasteiger charge is 2.32. The van der Waals surface area contributed by atoms with Crippen LogP contribution in [-0.4, -0.2) is 29.3 Å². The normalized spacial score (nSPS) is 11.4. The smallest absolute Gasteiger partial charge is 0.239 e. The van der Waals surface area contributed by atoms with Crippen LogP contribution in [0.2, 0.25) is 0 Å². The van der Waals surface area contributed by atoms with Crippen molar-refractivity contribution >= 4 is 28.4 Å². The van der Waals surface area contributed by atoms with Gasteiger partial charge in [0.1, 0.15) is 0 Å². The number of rotatable bonds is 5. The molecule has 0 aliphatic rings. The van der Waals surface area contributed by atoms with Gasteiger partial charge in [-0.15, -0.1) is 16.7 Å². The number of nitrogens with zero attached hydrogens (tertiary/aromatic N) is 2. The fraction of sp³-hybridized carbons (Fsp3) is 0.312. The van der Waals surface area contributed by atoms with Gasteiger partial charge in [0.15, 0.2) is 6.67 Å². The molecule has 4 nitrogen and oxygen atoms in total. The van der Waals surface area contributed by atoms with Gasteiger partial charge in [-0.05, 0) is 35.9 Å². The molecule has 0 radical (unpaired) electrons. The van der Waals surface area contributed by atoms with E-state index in [2.05, 4.69) is 23.4 Å². The van der Waals surface area contributed by atoms with E-state index in [4.69, 9.17) is 0 Å². The summed E-state index contributed by atoms with van der Waals surface area (Å²) in [7, 11) is 1.59. The van der Waals surface area contributed by atoms with Crippen molar-refractivity contribution in [1.82, 2.24) is 4.90 Å². The molecule has 0 unspecified atom stereocenters. The van der Waals surface area contributed by atoms with E-state index < -0.39 is 4.75 Å². The number of fused-ring (bicyclic) bond motifs is 1. The molecule has 0 N–H and O–H groups in total. The first kappa shape index (κ1) is 15.5. The molecular formula is C16H18N2O2S. The monoisotopic (exact) mass is 302 g/mol. The fourth-order valence-electron chi connectivity index (χ4n) is 2.21. The molecule has 0 atom stereocenters. The zero-order chi connectivity index (χ0) is 15.5. The van der Waals surface area contributed by atoms with E-state index in [9.17, 15) is 9.70 Å². The number of thioether (sulfide) groups is 1. The minimum atomic E-state index is -0.663. The van der Waals surface area contributed by atoms with E-state index in [1.165, 1.54) is 16.7 Å². The van der Waals surface area contributed by atoms with Crippen LogP contribution in [0.25, 0.3) is 10.8 Å². The number of carbonyl (C=O) groups excluding carboxylic acids is 1. The second-order valence-corrected chi connectivity index (χ2v) is 7.03. The van der Waals surface area contributed by atoms with E-state index >= 15 is 0 Å². The van der Waals surface area contributed by atoms with Gasteiger partial charge in [0, 0.05) is 11.9 Å². The van der Waals surface area contributed by atoms with Crippen molar-refractivity contribution in [3.05, 3.63) is 47.4 Å². The first-order valence-electron chi connectivity index (χ1n) is 6.67. The lowest BCUT2D eigenvalue weighted by Gasteiger charge is -2.27. The third-order valence-corrected chi connectivity index (χ3v) is 4.51. The second kappa shape index (κ2) is 6.26. The highest BCUT2D eigenvalue weighted by Crippen LogP contribution is 2.37. The molecule has 110 valence electrons. The zero-order valence-corrected chi connectivity index (χ0v) is 13.2. The van der Waals surface area contributed by atoms with Crippen LogP contribution in [0.5, 0.6) is 0 Å². The minimum absolute atomic E-state index is 0.111. The molecule has 5 heteroatoms. The number of nitroso groups, excluding NO2 is 1. The first-order valence-corrected chi connectivity index (χ1v) is 7.49. The topological polar surface area (TPSA) is 49.7 Å². The van der Waals surface area contributed by atoms with Gasteiger partial charge in [-0.1, -0.05) is 36.4 Å². The summed E-state index contributed by atoms with van der Waals surface area (Å²) in [4.78, 5) is 25.1. The molecule has 2 aromatic carbocycles. The Bertz CT molecular complexity index is 665. The summed E-state index contributed by atoms with van der Waals surface area (Å²) in [6, 6.07) is 14.1. The van der Waals surface area contributed by atoms with Gasteiger partial charge >= 0.3 is 0 Å². The van der Waals surface area contributed by atoms with Gasteiger partial charge < -0.3 is 4.90 Å². The van der Waals surface area contributed by atoms with Crippen molar-refractivity contribution in [2.45, 2.75) is 23.5 Å². The average Bonchev–Trinajstić information content (AvgIpc) is 2.47. The Morgan fingerprint density at radius 1 is 1.19 bits per heavy atom. The highest BCUT2D eigenvalue weighted by atomic mass is 32.2. The molecule has 21 heavy (non-hydrogen) atoms. The molecule has 0 bridgehead atoms. The number of hydrogen-bond acceptors (Lipinski definition) is 4. The van der Waals surface area contributed by atoms with Crippen molar-refractivity contribution in [1.29, 1.82) is 0 Å². The molecule has 0 saturated heterocycles. The Kier molecular flexibility index (Phi) is 4.63. The van der Waals surface area contributed by atoms with Crippen molar-refractivity contribution < 1.29 is 4.79 Å². The summed E-state index contributed by atoms with van der Waals surface area (Å²) in [6.45, 7) is 3.60. The highest BCUT2D eigenvalue weighted by molar-refractivity contribution is 8.01. The third kappa shape index (κ3) is 3.42. The van der Waals surface area contributed by atoms with Gasteiger partial charge in [0.2, 0.25) is 5.91 Å². The number of amides is 1. The van der Waals surface area contributed by atoms with Gasteiger partial charge in [0.05, 0.1) is 4.75 Å². The molecule has 0 heterocycles. The van der Waals surface area contributed by atoms with E-state index in [0.717, 1.165) is 15.7 Å². The maximum atomic E-state index is 12.4. The van der Waals surface area contributed by atoms with Gasteiger partial charge in [-0.2, -0.15) is 0 Å². The summed E-state index contributed by atoms with van der Waals surface area (Å²) in [5.41, 5.74) is 0. The molecule has 0 spiro atoms. The molecule has 0 fully saturated rings. The average molecular weight is 302 g/mol. The lowest BCUT2D eigenvalue weighted by molar-refractivity contribution is -0.131. The number of carbonyl (C=O) groups is 1. The molecule has 0 aliphatic carbocycles. The zero-order valence-electron chi connectivity index (χ0n) is 12.4. The number of hydrogen-bond donors (Lipinski definition) is 0. The van der Waals surface area contributed by atoms with E-state index in [-0.39, 0.29) is 12.6 Å². The van der Waals surface area contributed by atoms with Crippen molar-refractivity contribution in [3.8, 4) is 0 Å². The van der Waals surface area contributed by atoms with E-state index in [0.29, 0.717) is 0 Å². The summed E-state index contributed by atoms with van der Waals surface area (Å²) in [6.07, 6.45) is 0. The van der Waals surface area contributed by atoms with Crippen molar-refractivity contribution in [2.24, 2.45) is 5.18 Å². The summed E-state index contributed by atoms with van der Waals surface area (Å²) < 4.78 is -0.663. The predicted molar refractivity (Wildman–Crippen MR) is 87.3 cm³/mol. The third-order valence-electron chi connectivity index (χ3n) is 3.25. The van der Waals surface area contributed by atoms with Crippen LogP contribution in [0.4, 0.5) is 0 Å². The lowest BCUT2D eigenvalue weighted by Crippen LogP contribution is -2.41. The quantitative estimate of drug-likeness (QED) is 0.622. The van der Waals surface area contributed by atoms with Gasteiger partial charge in [0.25, 0.3) is 0 Å². The SMILES string of the molecule is CN(CN=O)C(=O)C(C)(C)Sc1cccc2ccccc12. The predicted octanol–water partition coefficient (Wildman–Crippen LogP) is 3.89. The minimum Gasteiger partial charge on any atom is -0.322 e. The Labute approximate surface area is 128 Å².